The van der Waals surface area contributed by atoms with Gasteiger partial charge in [0.2, 0.25) is 6.41 Å². The van der Waals surface area contributed by atoms with Gasteiger partial charge in [0.1, 0.15) is 0 Å². The summed E-state index contributed by atoms with van der Waals surface area (Å²) >= 11 is 0. The van der Waals surface area contributed by atoms with Gasteiger partial charge in [-0.1, -0.05) is 18.2 Å². The average Bonchev–Trinajstić information content (AvgIpc) is 2.55. The number of benzene rings is 1. The molecule has 6 heteroatoms. The average molecular weight is 308 g/mol. The molecule has 0 N–H and O–H groups in total. The van der Waals surface area contributed by atoms with Crippen molar-refractivity contribution in [2.24, 2.45) is 0 Å². The van der Waals surface area contributed by atoms with Crippen LogP contribution in [-0.4, -0.2) is 56.9 Å². The first-order valence-corrected chi connectivity index (χ1v) is 7.48. The van der Waals surface area contributed by atoms with E-state index in [1.807, 2.05) is 19.9 Å². The van der Waals surface area contributed by atoms with E-state index >= 15 is 0 Å². The number of hydrogen-bond donors (Lipinski definition) is 0. The number of para-hydroxylation sites is 1. The van der Waals surface area contributed by atoms with Crippen LogP contribution >= 0.6 is 0 Å². The van der Waals surface area contributed by atoms with Gasteiger partial charge in [0.05, 0.1) is 18.9 Å². The second kappa shape index (κ2) is 10.8. The van der Waals surface area contributed by atoms with Crippen LogP contribution in [0.5, 0.6) is 0 Å². The number of amides is 3. The number of carbonyl (C=O) groups excluding carboxylic acids is 2. The lowest BCUT2D eigenvalue weighted by Gasteiger charge is -2.27. The van der Waals surface area contributed by atoms with E-state index in [0.29, 0.717) is 51.6 Å². The number of hydrogen-bond acceptors (Lipinski definition) is 4. The Morgan fingerprint density at radius 1 is 1.05 bits per heavy atom. The van der Waals surface area contributed by atoms with E-state index in [-0.39, 0.29) is 6.03 Å². The van der Waals surface area contributed by atoms with Gasteiger partial charge in [-0.25, -0.2) is 9.69 Å². The van der Waals surface area contributed by atoms with Crippen LogP contribution in [0.4, 0.5) is 10.5 Å². The highest BCUT2D eigenvalue weighted by molar-refractivity contribution is 6.05. The van der Waals surface area contributed by atoms with Crippen LogP contribution in [0.1, 0.15) is 13.8 Å². The zero-order valence-electron chi connectivity index (χ0n) is 13.2. The number of urea groups is 1. The maximum atomic E-state index is 12.6. The molecule has 1 aromatic rings. The molecule has 1 aromatic carbocycles. The minimum Gasteiger partial charge on any atom is -0.380 e. The van der Waals surface area contributed by atoms with Crippen molar-refractivity contribution in [3.05, 3.63) is 30.3 Å². The number of carbonyl (C=O) groups is 2. The van der Waals surface area contributed by atoms with Crippen molar-refractivity contribution in [2.75, 3.05) is 44.4 Å². The number of ether oxygens (including phenoxy) is 2. The molecule has 0 radical (unpaired) electrons. The predicted octanol–water partition coefficient (Wildman–Crippen LogP) is 2.14. The Kier molecular flexibility index (Phi) is 8.86. The van der Waals surface area contributed by atoms with Crippen LogP contribution in [0.3, 0.4) is 0 Å². The van der Waals surface area contributed by atoms with E-state index in [2.05, 4.69) is 0 Å². The molecule has 0 atom stereocenters. The summed E-state index contributed by atoms with van der Waals surface area (Å²) in [4.78, 5) is 26.6. The molecule has 6 nitrogen and oxygen atoms in total. The normalized spacial score (nSPS) is 10.3. The molecule has 1 rings (SSSR count). The Morgan fingerprint density at radius 2 is 1.59 bits per heavy atom. The van der Waals surface area contributed by atoms with Crippen LogP contribution in [0, 0.1) is 0 Å². The number of imide groups is 1. The predicted molar refractivity (Wildman–Crippen MR) is 84.9 cm³/mol. The molecule has 0 aliphatic heterocycles. The fourth-order valence-electron chi connectivity index (χ4n) is 1.90. The van der Waals surface area contributed by atoms with Gasteiger partial charge in [0.25, 0.3) is 0 Å². The van der Waals surface area contributed by atoms with E-state index in [9.17, 15) is 9.59 Å². The van der Waals surface area contributed by atoms with Crippen molar-refractivity contribution in [1.82, 2.24) is 4.90 Å². The van der Waals surface area contributed by atoms with Crippen molar-refractivity contribution in [2.45, 2.75) is 13.8 Å². The van der Waals surface area contributed by atoms with E-state index in [1.165, 1.54) is 0 Å². The molecular weight excluding hydrogens is 284 g/mol. The Hall–Kier alpha value is -1.92. The molecule has 22 heavy (non-hydrogen) atoms. The lowest BCUT2D eigenvalue weighted by molar-refractivity contribution is -0.107. The van der Waals surface area contributed by atoms with Gasteiger partial charge in [-0.2, -0.15) is 0 Å². The van der Waals surface area contributed by atoms with Gasteiger partial charge in [-0.15, -0.1) is 0 Å². The van der Waals surface area contributed by atoms with Crippen LogP contribution < -0.4 is 4.90 Å². The van der Waals surface area contributed by atoms with Crippen LogP contribution in [0.15, 0.2) is 30.3 Å². The molecule has 0 saturated carbocycles. The van der Waals surface area contributed by atoms with Gasteiger partial charge >= 0.3 is 6.03 Å². The second-order valence-electron chi connectivity index (χ2n) is 4.47. The molecule has 0 aliphatic rings. The van der Waals surface area contributed by atoms with E-state index < -0.39 is 0 Å². The third-order valence-corrected chi connectivity index (χ3v) is 3.04. The molecular formula is C16H24N2O4. The zero-order chi connectivity index (χ0) is 16.2. The number of rotatable bonds is 10. The van der Waals surface area contributed by atoms with E-state index in [1.54, 1.807) is 29.2 Å². The minimum atomic E-state index is -0.374. The Bertz CT molecular complexity index is 429. The topological polar surface area (TPSA) is 59.1 Å². The largest absolute Gasteiger partial charge is 0.380 e. The first kappa shape index (κ1) is 18.1. The quantitative estimate of drug-likeness (QED) is 0.491. The molecule has 0 fully saturated rings. The third kappa shape index (κ3) is 5.83. The highest BCUT2D eigenvalue weighted by Gasteiger charge is 2.21. The van der Waals surface area contributed by atoms with Crippen LogP contribution in [-0.2, 0) is 14.3 Å². The Labute approximate surface area is 131 Å². The van der Waals surface area contributed by atoms with E-state index in [4.69, 9.17) is 9.47 Å². The van der Waals surface area contributed by atoms with Crippen molar-refractivity contribution < 1.29 is 19.1 Å². The molecule has 122 valence electrons. The Morgan fingerprint density at radius 3 is 2.05 bits per heavy atom. The summed E-state index contributed by atoms with van der Waals surface area (Å²) in [6, 6.07) is 8.46. The lowest BCUT2D eigenvalue weighted by atomic mass is 10.3. The van der Waals surface area contributed by atoms with Gasteiger partial charge < -0.3 is 14.4 Å². The molecule has 0 bridgehead atoms. The first-order valence-electron chi connectivity index (χ1n) is 7.48. The summed E-state index contributed by atoms with van der Waals surface area (Å²) in [7, 11) is 0. The van der Waals surface area contributed by atoms with Gasteiger partial charge in [-0.3, -0.25) is 4.79 Å². The maximum Gasteiger partial charge on any atom is 0.331 e. The Balaban J connectivity index is 2.75. The van der Waals surface area contributed by atoms with Gasteiger partial charge in [-0.05, 0) is 26.0 Å². The van der Waals surface area contributed by atoms with Crippen molar-refractivity contribution in [3.8, 4) is 0 Å². The number of nitrogens with zero attached hydrogens (tertiary/aromatic N) is 2. The maximum absolute atomic E-state index is 12.6. The molecule has 0 heterocycles. The molecule has 0 unspecified atom stereocenters. The van der Waals surface area contributed by atoms with Crippen LogP contribution in [0.2, 0.25) is 0 Å². The second-order valence-corrected chi connectivity index (χ2v) is 4.47. The summed E-state index contributed by atoms with van der Waals surface area (Å²) in [5.41, 5.74) is 0.542. The summed E-state index contributed by atoms with van der Waals surface area (Å²) in [6.07, 6.45) is 0.534. The van der Waals surface area contributed by atoms with Crippen molar-refractivity contribution in [3.63, 3.8) is 0 Å². The fraction of sp³-hybridized carbons (Fsp3) is 0.500. The third-order valence-electron chi connectivity index (χ3n) is 3.04. The summed E-state index contributed by atoms with van der Waals surface area (Å²) in [5, 5.41) is 0. The first-order chi connectivity index (χ1) is 10.7. The smallest absolute Gasteiger partial charge is 0.331 e. The highest BCUT2D eigenvalue weighted by Crippen LogP contribution is 2.13. The summed E-state index contributed by atoms with van der Waals surface area (Å²) in [6.45, 7) is 6.65. The standard InChI is InChI=1S/C16H24N2O4/c1-3-21-12-10-17(11-13-22-4-2)16(20)18(14-19)15-8-6-5-7-9-15/h5-9,14H,3-4,10-13H2,1-2H3. The van der Waals surface area contributed by atoms with Crippen molar-refractivity contribution in [1.29, 1.82) is 0 Å². The zero-order valence-corrected chi connectivity index (χ0v) is 13.2. The molecule has 0 aromatic heterocycles. The summed E-state index contributed by atoms with van der Waals surface area (Å²) < 4.78 is 10.6. The SMILES string of the molecule is CCOCCN(CCOCC)C(=O)N(C=O)c1ccccc1. The molecule has 0 saturated heterocycles. The molecule has 0 aliphatic carbocycles. The molecule has 0 spiro atoms. The number of anilines is 1. The van der Waals surface area contributed by atoms with Crippen molar-refractivity contribution >= 4 is 18.1 Å². The highest BCUT2D eigenvalue weighted by atomic mass is 16.5. The van der Waals surface area contributed by atoms with Gasteiger partial charge in [0, 0.05) is 26.3 Å². The minimum absolute atomic E-state index is 0.374. The van der Waals surface area contributed by atoms with Gasteiger partial charge in [0.15, 0.2) is 0 Å². The van der Waals surface area contributed by atoms with Crippen LogP contribution in [0.25, 0.3) is 0 Å². The van der Waals surface area contributed by atoms with E-state index in [0.717, 1.165) is 4.90 Å². The molecule has 3 amide bonds. The monoisotopic (exact) mass is 308 g/mol. The summed E-state index contributed by atoms with van der Waals surface area (Å²) in [5.74, 6) is 0. The lowest BCUT2D eigenvalue weighted by Crippen LogP contribution is -2.45. The fourth-order valence-corrected chi connectivity index (χ4v) is 1.90.